The lowest BCUT2D eigenvalue weighted by Crippen LogP contribution is -2.41. The average Bonchev–Trinajstić information content (AvgIpc) is 2.53. The highest BCUT2D eigenvalue weighted by Gasteiger charge is 2.53. The van der Waals surface area contributed by atoms with Crippen molar-refractivity contribution in [1.82, 2.24) is 0 Å². The van der Waals surface area contributed by atoms with Crippen LogP contribution in [0.15, 0.2) is 15.0 Å². The molecular formula is C15H20BBr2FO3. The lowest BCUT2D eigenvalue weighted by molar-refractivity contribution is 0.00578. The maximum atomic E-state index is 15.0. The molecule has 0 saturated carbocycles. The molecule has 122 valence electrons. The van der Waals surface area contributed by atoms with Gasteiger partial charge in [0, 0.05) is 9.94 Å². The van der Waals surface area contributed by atoms with E-state index in [0.717, 1.165) is 0 Å². The Bertz CT molecular complexity index is 575. The highest BCUT2D eigenvalue weighted by molar-refractivity contribution is 9.11. The van der Waals surface area contributed by atoms with Gasteiger partial charge in [0.05, 0.1) is 21.8 Å². The zero-order valence-corrected chi connectivity index (χ0v) is 16.8. The van der Waals surface area contributed by atoms with Gasteiger partial charge in [-0.3, -0.25) is 0 Å². The van der Waals surface area contributed by atoms with Gasteiger partial charge in [0.1, 0.15) is 0 Å². The molecule has 1 aliphatic heterocycles. The monoisotopic (exact) mass is 436 g/mol. The Hall–Kier alpha value is -0.105. The van der Waals surface area contributed by atoms with Crippen molar-refractivity contribution in [1.29, 1.82) is 0 Å². The average molecular weight is 438 g/mol. The standard InChI is InChI=1S/C15H20BBr2FO3/c1-8(2)20-13-10(18)7-9(17)11(12(13)19)16-21-14(3,4)15(5,6)22-16/h7-8H,1-6H3. The molecule has 0 aliphatic carbocycles. The van der Waals surface area contributed by atoms with E-state index in [4.69, 9.17) is 14.0 Å². The summed E-state index contributed by atoms with van der Waals surface area (Å²) in [7, 11) is -0.790. The Kier molecular flexibility index (Phi) is 5.04. The third-order valence-corrected chi connectivity index (χ3v) is 5.25. The molecule has 0 N–H and O–H groups in total. The number of rotatable bonds is 3. The van der Waals surface area contributed by atoms with E-state index in [1.54, 1.807) is 6.07 Å². The summed E-state index contributed by atoms with van der Waals surface area (Å²) in [5, 5.41) is 0. The molecule has 3 nitrogen and oxygen atoms in total. The Morgan fingerprint density at radius 1 is 1.09 bits per heavy atom. The fourth-order valence-corrected chi connectivity index (χ4v) is 3.50. The van der Waals surface area contributed by atoms with E-state index in [-0.39, 0.29) is 11.9 Å². The second-order valence-electron chi connectivity index (χ2n) is 6.65. The van der Waals surface area contributed by atoms with Crippen molar-refractivity contribution in [3.63, 3.8) is 0 Å². The molecule has 1 aromatic rings. The van der Waals surface area contributed by atoms with Crippen LogP contribution in [0.25, 0.3) is 0 Å². The van der Waals surface area contributed by atoms with Crippen LogP contribution >= 0.6 is 31.9 Å². The van der Waals surface area contributed by atoms with E-state index in [2.05, 4.69) is 31.9 Å². The van der Waals surface area contributed by atoms with Crippen LogP contribution in [0.4, 0.5) is 4.39 Å². The zero-order chi connectivity index (χ0) is 16.9. The van der Waals surface area contributed by atoms with Gasteiger partial charge in [0.25, 0.3) is 0 Å². The Morgan fingerprint density at radius 2 is 1.59 bits per heavy atom. The number of benzene rings is 1. The number of ether oxygens (including phenoxy) is 1. The number of hydrogen-bond donors (Lipinski definition) is 0. The van der Waals surface area contributed by atoms with E-state index in [1.807, 2.05) is 41.5 Å². The van der Waals surface area contributed by atoms with Gasteiger partial charge >= 0.3 is 7.12 Å². The van der Waals surface area contributed by atoms with E-state index in [1.165, 1.54) is 0 Å². The molecule has 1 aliphatic rings. The summed E-state index contributed by atoms with van der Waals surface area (Å²) in [5.41, 5.74) is -0.747. The van der Waals surface area contributed by atoms with Gasteiger partial charge in [-0.15, -0.1) is 0 Å². The van der Waals surface area contributed by atoms with Crippen molar-refractivity contribution < 1.29 is 18.4 Å². The molecule has 0 amide bonds. The minimum absolute atomic E-state index is 0.141. The SMILES string of the molecule is CC(C)Oc1c(Br)cc(Br)c(B2OC(C)(C)C(C)(C)O2)c1F. The minimum Gasteiger partial charge on any atom is -0.487 e. The van der Waals surface area contributed by atoms with Crippen LogP contribution in [0.1, 0.15) is 41.5 Å². The number of hydrogen-bond acceptors (Lipinski definition) is 3. The molecule has 0 radical (unpaired) electrons. The Balaban J connectivity index is 2.49. The highest BCUT2D eigenvalue weighted by Crippen LogP contribution is 2.39. The summed E-state index contributed by atoms with van der Waals surface area (Å²) in [5.74, 6) is -0.309. The molecular weight excluding hydrogens is 418 g/mol. The van der Waals surface area contributed by atoms with Gasteiger partial charge in [-0.1, -0.05) is 15.9 Å². The van der Waals surface area contributed by atoms with E-state index in [0.29, 0.717) is 14.4 Å². The lowest BCUT2D eigenvalue weighted by Gasteiger charge is -2.32. The minimum atomic E-state index is -0.790. The molecule has 1 fully saturated rings. The molecule has 0 atom stereocenters. The fraction of sp³-hybridized carbons (Fsp3) is 0.600. The van der Waals surface area contributed by atoms with Crippen molar-refractivity contribution in [3.8, 4) is 5.75 Å². The summed E-state index contributed by atoms with van der Waals surface area (Å²) >= 11 is 6.74. The molecule has 1 saturated heterocycles. The Morgan fingerprint density at radius 3 is 2.05 bits per heavy atom. The van der Waals surface area contributed by atoms with Gasteiger partial charge < -0.3 is 14.0 Å². The third-order valence-electron chi connectivity index (χ3n) is 4.01. The van der Waals surface area contributed by atoms with Crippen LogP contribution < -0.4 is 10.2 Å². The van der Waals surface area contributed by atoms with Crippen molar-refractivity contribution in [2.45, 2.75) is 58.8 Å². The van der Waals surface area contributed by atoms with Gasteiger partial charge in [0.2, 0.25) is 0 Å². The topological polar surface area (TPSA) is 27.7 Å². The van der Waals surface area contributed by atoms with E-state index >= 15 is 0 Å². The first-order chi connectivity index (χ1) is 9.96. The van der Waals surface area contributed by atoms with E-state index in [9.17, 15) is 4.39 Å². The molecule has 7 heteroatoms. The summed E-state index contributed by atoms with van der Waals surface area (Å²) in [6.45, 7) is 11.4. The van der Waals surface area contributed by atoms with Crippen molar-refractivity contribution in [2.75, 3.05) is 0 Å². The largest absolute Gasteiger partial charge is 0.499 e. The molecule has 2 rings (SSSR count). The zero-order valence-electron chi connectivity index (χ0n) is 13.6. The van der Waals surface area contributed by atoms with Crippen molar-refractivity contribution >= 4 is 44.4 Å². The van der Waals surface area contributed by atoms with Gasteiger partial charge in [-0.2, -0.15) is 0 Å². The van der Waals surface area contributed by atoms with Crippen molar-refractivity contribution in [2.24, 2.45) is 0 Å². The summed E-state index contributed by atoms with van der Waals surface area (Å²) < 4.78 is 33.6. The molecule has 0 bridgehead atoms. The molecule has 1 heterocycles. The van der Waals surface area contributed by atoms with Crippen LogP contribution in [-0.2, 0) is 9.31 Å². The second-order valence-corrected chi connectivity index (χ2v) is 8.36. The molecule has 0 unspecified atom stereocenters. The van der Waals surface area contributed by atoms with Crippen LogP contribution in [0.3, 0.4) is 0 Å². The molecule has 0 spiro atoms. The maximum Gasteiger partial charge on any atom is 0.499 e. The summed E-state index contributed by atoms with van der Waals surface area (Å²) in [6, 6.07) is 1.75. The van der Waals surface area contributed by atoms with Crippen molar-refractivity contribution in [3.05, 3.63) is 20.8 Å². The summed E-state index contributed by atoms with van der Waals surface area (Å²) in [6.07, 6.45) is -0.141. The highest BCUT2D eigenvalue weighted by atomic mass is 79.9. The predicted octanol–water partition coefficient (Wildman–Crippen LogP) is 4.44. The first kappa shape index (κ1) is 18.2. The molecule has 22 heavy (non-hydrogen) atoms. The third kappa shape index (κ3) is 3.23. The normalized spacial score (nSPS) is 19.8. The van der Waals surface area contributed by atoms with Crippen LogP contribution in [-0.4, -0.2) is 24.4 Å². The maximum absolute atomic E-state index is 15.0. The van der Waals surface area contributed by atoms with Gasteiger partial charge in [-0.05, 0) is 63.5 Å². The van der Waals surface area contributed by atoms with Gasteiger partial charge in [-0.25, -0.2) is 4.39 Å². The first-order valence-electron chi connectivity index (χ1n) is 7.16. The fourth-order valence-electron chi connectivity index (χ4n) is 2.11. The molecule has 1 aromatic carbocycles. The van der Waals surface area contributed by atoms with Gasteiger partial charge in [0.15, 0.2) is 11.6 Å². The molecule has 0 aromatic heterocycles. The van der Waals surface area contributed by atoms with E-state index < -0.39 is 24.1 Å². The van der Waals surface area contributed by atoms with Crippen LogP contribution in [0.5, 0.6) is 5.75 Å². The Labute approximate surface area is 148 Å². The van der Waals surface area contributed by atoms with Crippen LogP contribution in [0, 0.1) is 5.82 Å². The second kappa shape index (κ2) is 6.08. The summed E-state index contributed by atoms with van der Waals surface area (Å²) in [4.78, 5) is 0. The lowest BCUT2D eigenvalue weighted by atomic mass is 9.78. The van der Waals surface area contributed by atoms with Crippen LogP contribution in [0.2, 0.25) is 0 Å². The predicted molar refractivity (Wildman–Crippen MR) is 93.3 cm³/mol. The smallest absolute Gasteiger partial charge is 0.487 e. The first-order valence-corrected chi connectivity index (χ1v) is 8.74. The quantitative estimate of drug-likeness (QED) is 0.654. The number of halogens is 3.